The third-order valence-corrected chi connectivity index (χ3v) is 6.23. The Kier molecular flexibility index (Phi) is 7.22. The van der Waals surface area contributed by atoms with Gasteiger partial charge in [0, 0.05) is 19.5 Å². The van der Waals surface area contributed by atoms with Crippen molar-refractivity contribution in [3.05, 3.63) is 40.3 Å². The SMILES string of the molecule is O=NCCC1CCC(Cc2ccc(CCC(=O)N3CCCC3)cc2)CC1. The summed E-state index contributed by atoms with van der Waals surface area (Å²) in [5, 5.41) is 3.00. The summed E-state index contributed by atoms with van der Waals surface area (Å²) >= 11 is 0. The van der Waals surface area contributed by atoms with Gasteiger partial charge in [-0.3, -0.25) is 4.79 Å². The normalized spacial score (nSPS) is 23.2. The molecule has 26 heavy (non-hydrogen) atoms. The standard InChI is InChI=1S/C22H32N2O2/c25-22(24-15-1-2-16-24)12-11-18-3-7-20(8-4-18)17-21-9-5-19(6-10-21)13-14-23-26/h3-4,7-8,19,21H,1-2,5-6,9-17H2. The van der Waals surface area contributed by atoms with Crippen LogP contribution in [0.5, 0.6) is 0 Å². The third-order valence-electron chi connectivity index (χ3n) is 6.23. The van der Waals surface area contributed by atoms with Crippen LogP contribution in [0.25, 0.3) is 0 Å². The number of nitrogens with zero attached hydrogens (tertiary/aromatic N) is 2. The van der Waals surface area contributed by atoms with Crippen molar-refractivity contribution in [2.75, 3.05) is 19.6 Å². The first kappa shape index (κ1) is 19.1. The zero-order valence-corrected chi connectivity index (χ0v) is 15.9. The molecule has 1 aromatic carbocycles. The fourth-order valence-electron chi connectivity index (χ4n) is 4.51. The number of amides is 1. The lowest BCUT2D eigenvalue weighted by Gasteiger charge is -2.28. The maximum Gasteiger partial charge on any atom is 0.222 e. The highest BCUT2D eigenvalue weighted by Crippen LogP contribution is 2.32. The van der Waals surface area contributed by atoms with Crippen LogP contribution in [-0.2, 0) is 17.6 Å². The van der Waals surface area contributed by atoms with Crippen LogP contribution in [0, 0.1) is 16.7 Å². The van der Waals surface area contributed by atoms with Gasteiger partial charge in [0.05, 0.1) is 6.54 Å². The van der Waals surface area contributed by atoms with Crippen molar-refractivity contribution < 1.29 is 4.79 Å². The van der Waals surface area contributed by atoms with Crippen LogP contribution in [0.4, 0.5) is 0 Å². The number of hydrogen-bond acceptors (Lipinski definition) is 3. The second-order valence-electron chi connectivity index (χ2n) is 8.14. The van der Waals surface area contributed by atoms with Gasteiger partial charge in [-0.25, -0.2) is 0 Å². The Morgan fingerprint density at radius 1 is 0.962 bits per heavy atom. The van der Waals surface area contributed by atoms with Gasteiger partial charge >= 0.3 is 0 Å². The average molecular weight is 357 g/mol. The molecule has 2 fully saturated rings. The van der Waals surface area contributed by atoms with Crippen LogP contribution >= 0.6 is 0 Å². The Hall–Kier alpha value is -1.71. The van der Waals surface area contributed by atoms with Crippen molar-refractivity contribution >= 4 is 5.91 Å². The highest BCUT2D eigenvalue weighted by Gasteiger charge is 2.21. The van der Waals surface area contributed by atoms with Gasteiger partial charge in [-0.05, 0) is 67.9 Å². The van der Waals surface area contributed by atoms with Crippen LogP contribution in [0.15, 0.2) is 29.4 Å². The summed E-state index contributed by atoms with van der Waals surface area (Å²) in [6.07, 6.45) is 11.0. The van der Waals surface area contributed by atoms with Gasteiger partial charge < -0.3 is 4.90 Å². The fourth-order valence-corrected chi connectivity index (χ4v) is 4.51. The number of hydrogen-bond donors (Lipinski definition) is 0. The van der Waals surface area contributed by atoms with E-state index in [0.717, 1.165) is 51.1 Å². The smallest absolute Gasteiger partial charge is 0.222 e. The molecule has 2 aliphatic rings. The number of carbonyl (C=O) groups excluding carboxylic acids is 1. The predicted octanol–water partition coefficient (Wildman–Crippen LogP) is 4.75. The molecule has 1 amide bonds. The second kappa shape index (κ2) is 9.84. The maximum atomic E-state index is 12.1. The topological polar surface area (TPSA) is 49.7 Å². The van der Waals surface area contributed by atoms with Crippen LogP contribution in [0.3, 0.4) is 0 Å². The van der Waals surface area contributed by atoms with Crippen LogP contribution in [0.2, 0.25) is 0 Å². The average Bonchev–Trinajstić information content (AvgIpc) is 3.22. The summed E-state index contributed by atoms with van der Waals surface area (Å²) < 4.78 is 0. The summed E-state index contributed by atoms with van der Waals surface area (Å²) in [5.74, 6) is 1.80. The van der Waals surface area contributed by atoms with E-state index in [1.807, 2.05) is 4.90 Å². The second-order valence-corrected chi connectivity index (χ2v) is 8.14. The minimum absolute atomic E-state index is 0.313. The Balaban J connectivity index is 1.39. The van der Waals surface area contributed by atoms with Gasteiger partial charge in [0.1, 0.15) is 0 Å². The molecule has 0 radical (unpaired) electrons. The zero-order chi connectivity index (χ0) is 18.2. The molecule has 4 heteroatoms. The van der Waals surface area contributed by atoms with Crippen molar-refractivity contribution in [1.29, 1.82) is 0 Å². The number of nitroso groups, excluding NO2 is 1. The molecule has 1 heterocycles. The molecular weight excluding hydrogens is 324 g/mol. The van der Waals surface area contributed by atoms with Gasteiger partial charge in [-0.15, -0.1) is 0 Å². The first-order valence-electron chi connectivity index (χ1n) is 10.4. The fraction of sp³-hybridized carbons (Fsp3) is 0.682. The highest BCUT2D eigenvalue weighted by atomic mass is 16.3. The molecule has 0 bridgehead atoms. The van der Waals surface area contributed by atoms with E-state index in [2.05, 4.69) is 29.4 Å². The van der Waals surface area contributed by atoms with E-state index in [-0.39, 0.29) is 0 Å². The van der Waals surface area contributed by atoms with E-state index in [9.17, 15) is 9.70 Å². The minimum atomic E-state index is 0.313. The van der Waals surface area contributed by atoms with Gasteiger partial charge in [0.25, 0.3) is 0 Å². The number of benzene rings is 1. The first-order chi connectivity index (χ1) is 12.7. The Morgan fingerprint density at radius 3 is 2.23 bits per heavy atom. The van der Waals surface area contributed by atoms with Gasteiger partial charge in [0.15, 0.2) is 0 Å². The minimum Gasteiger partial charge on any atom is -0.343 e. The van der Waals surface area contributed by atoms with Crippen molar-refractivity contribution in [2.24, 2.45) is 17.0 Å². The Morgan fingerprint density at radius 2 is 1.58 bits per heavy atom. The summed E-state index contributed by atoms with van der Waals surface area (Å²) in [4.78, 5) is 24.4. The van der Waals surface area contributed by atoms with E-state index in [1.165, 1.54) is 36.8 Å². The maximum absolute atomic E-state index is 12.1. The van der Waals surface area contributed by atoms with E-state index >= 15 is 0 Å². The van der Waals surface area contributed by atoms with Crippen molar-refractivity contribution in [2.45, 2.75) is 64.2 Å². The number of likely N-dealkylation sites (tertiary alicyclic amines) is 1. The van der Waals surface area contributed by atoms with Crippen LogP contribution < -0.4 is 0 Å². The van der Waals surface area contributed by atoms with Crippen molar-refractivity contribution in [1.82, 2.24) is 4.90 Å². The molecule has 0 spiro atoms. The lowest BCUT2D eigenvalue weighted by atomic mass is 9.78. The number of rotatable bonds is 8. The highest BCUT2D eigenvalue weighted by molar-refractivity contribution is 5.76. The summed E-state index contributed by atoms with van der Waals surface area (Å²) in [6.45, 7) is 2.38. The van der Waals surface area contributed by atoms with Crippen LogP contribution in [0.1, 0.15) is 62.5 Å². The molecular formula is C22H32N2O2. The monoisotopic (exact) mass is 356 g/mol. The molecule has 0 N–H and O–H groups in total. The van der Waals surface area contributed by atoms with Gasteiger partial charge in [-0.1, -0.05) is 42.3 Å². The largest absolute Gasteiger partial charge is 0.343 e. The molecule has 1 aliphatic heterocycles. The molecule has 142 valence electrons. The summed E-state index contributed by atoms with van der Waals surface area (Å²) in [7, 11) is 0. The third kappa shape index (κ3) is 5.65. The lowest BCUT2D eigenvalue weighted by Crippen LogP contribution is -2.27. The molecule has 0 aromatic heterocycles. The molecule has 1 saturated carbocycles. The molecule has 4 nitrogen and oxygen atoms in total. The molecule has 1 saturated heterocycles. The van der Waals surface area contributed by atoms with E-state index in [0.29, 0.717) is 24.8 Å². The predicted molar refractivity (Wildman–Crippen MR) is 105 cm³/mol. The summed E-state index contributed by atoms with van der Waals surface area (Å²) in [6, 6.07) is 8.90. The quantitative estimate of drug-likeness (QED) is 0.631. The van der Waals surface area contributed by atoms with Crippen LogP contribution in [-0.4, -0.2) is 30.4 Å². The molecule has 1 aromatic rings. The first-order valence-corrected chi connectivity index (χ1v) is 10.4. The van der Waals surface area contributed by atoms with Gasteiger partial charge in [-0.2, -0.15) is 4.91 Å². The molecule has 0 unspecified atom stereocenters. The number of carbonyl (C=O) groups is 1. The molecule has 1 aliphatic carbocycles. The van der Waals surface area contributed by atoms with E-state index < -0.39 is 0 Å². The van der Waals surface area contributed by atoms with E-state index in [1.54, 1.807) is 0 Å². The zero-order valence-electron chi connectivity index (χ0n) is 15.9. The molecule has 3 rings (SSSR count). The number of aryl methyl sites for hydroxylation is 1. The Bertz CT molecular complexity index is 570. The van der Waals surface area contributed by atoms with E-state index in [4.69, 9.17) is 0 Å². The van der Waals surface area contributed by atoms with Crippen molar-refractivity contribution in [3.8, 4) is 0 Å². The molecule has 0 atom stereocenters. The Labute approximate surface area is 157 Å². The lowest BCUT2D eigenvalue weighted by molar-refractivity contribution is -0.130. The van der Waals surface area contributed by atoms with Crippen molar-refractivity contribution in [3.63, 3.8) is 0 Å². The summed E-state index contributed by atoms with van der Waals surface area (Å²) in [5.41, 5.74) is 2.68. The van der Waals surface area contributed by atoms with Gasteiger partial charge in [0.2, 0.25) is 5.91 Å².